The Morgan fingerprint density at radius 2 is 1.83 bits per heavy atom. The van der Waals surface area contributed by atoms with E-state index in [9.17, 15) is 13.6 Å². The number of aryl methyl sites for hydroxylation is 1. The van der Waals surface area contributed by atoms with Crippen LogP contribution in [0.3, 0.4) is 0 Å². The molecule has 3 nitrogen and oxygen atoms in total. The Kier molecular flexibility index (Phi) is 3.92. The number of rotatable bonds is 2. The first-order chi connectivity index (χ1) is 11.0. The molecule has 1 N–H and O–H groups in total. The van der Waals surface area contributed by atoms with E-state index in [1.54, 1.807) is 12.1 Å². The maximum Gasteiger partial charge on any atom is 0.281 e. The maximum atomic E-state index is 13.7. The number of hydrogen-bond donors (Lipinski definition) is 1. The number of carbonyl (C=O) groups excluding carboxylic acids is 1. The summed E-state index contributed by atoms with van der Waals surface area (Å²) in [5.74, 6) is -1.80. The first-order valence-electron chi connectivity index (χ1n) is 6.84. The lowest BCUT2D eigenvalue weighted by Crippen LogP contribution is -2.30. The topological polar surface area (TPSA) is 32.3 Å². The molecule has 1 fully saturated rings. The highest BCUT2D eigenvalue weighted by Gasteiger charge is 2.32. The van der Waals surface area contributed by atoms with E-state index in [4.69, 9.17) is 12.2 Å². The van der Waals surface area contributed by atoms with Gasteiger partial charge in [0.2, 0.25) is 0 Å². The summed E-state index contributed by atoms with van der Waals surface area (Å²) in [6, 6.07) is 10.5. The van der Waals surface area contributed by atoms with Crippen LogP contribution in [0, 0.1) is 18.6 Å². The van der Waals surface area contributed by atoms with Gasteiger partial charge in [0, 0.05) is 11.6 Å². The van der Waals surface area contributed by atoms with E-state index in [1.165, 1.54) is 17.0 Å². The summed E-state index contributed by atoms with van der Waals surface area (Å²) in [6.07, 6.45) is 1.32. The average Bonchev–Trinajstić information content (AvgIpc) is 2.78. The van der Waals surface area contributed by atoms with Crippen LogP contribution in [0.2, 0.25) is 0 Å². The van der Waals surface area contributed by atoms with Crippen LogP contribution < -0.4 is 10.2 Å². The summed E-state index contributed by atoms with van der Waals surface area (Å²) >= 11 is 5.18. The van der Waals surface area contributed by atoms with Gasteiger partial charge in [-0.15, -0.1) is 0 Å². The maximum absolute atomic E-state index is 13.7. The van der Waals surface area contributed by atoms with E-state index in [2.05, 4.69) is 5.32 Å². The van der Waals surface area contributed by atoms with Crippen LogP contribution in [0.15, 0.2) is 48.2 Å². The van der Waals surface area contributed by atoms with Crippen LogP contribution in [0.25, 0.3) is 6.08 Å². The highest BCUT2D eigenvalue weighted by molar-refractivity contribution is 7.80. The first-order valence-corrected chi connectivity index (χ1v) is 7.25. The number of carbonyl (C=O) groups is 1. The van der Waals surface area contributed by atoms with E-state index in [0.717, 1.165) is 17.7 Å². The molecule has 0 radical (unpaired) electrons. The Labute approximate surface area is 137 Å². The molecule has 0 aliphatic carbocycles. The molecular formula is C17H12F2N2OS. The first kappa shape index (κ1) is 15.3. The number of thiocarbonyl (C=S) groups is 1. The van der Waals surface area contributed by atoms with Gasteiger partial charge in [0.1, 0.15) is 17.3 Å². The van der Waals surface area contributed by atoms with Gasteiger partial charge in [-0.1, -0.05) is 17.7 Å². The molecule has 1 saturated heterocycles. The van der Waals surface area contributed by atoms with Crippen LogP contribution >= 0.6 is 12.2 Å². The molecule has 0 unspecified atom stereocenters. The lowest BCUT2D eigenvalue weighted by atomic mass is 10.1. The van der Waals surface area contributed by atoms with Crippen LogP contribution in [0.1, 0.15) is 11.1 Å². The van der Waals surface area contributed by atoms with E-state index in [-0.39, 0.29) is 22.3 Å². The number of nitrogens with zero attached hydrogens (tertiary/aromatic N) is 1. The summed E-state index contributed by atoms with van der Waals surface area (Å²) < 4.78 is 26.7. The molecule has 2 aromatic rings. The highest BCUT2D eigenvalue weighted by atomic mass is 32.1. The fraction of sp³-hybridized carbons (Fsp3) is 0.0588. The number of anilines is 1. The van der Waals surface area contributed by atoms with Gasteiger partial charge in [-0.05, 0) is 49.5 Å². The Morgan fingerprint density at radius 1 is 1.13 bits per heavy atom. The lowest BCUT2D eigenvalue weighted by Gasteiger charge is -2.13. The molecule has 0 spiro atoms. The third kappa shape index (κ3) is 2.98. The average molecular weight is 330 g/mol. The van der Waals surface area contributed by atoms with Crippen molar-refractivity contribution in [3.05, 3.63) is 70.9 Å². The molecule has 1 aliphatic rings. The fourth-order valence-corrected chi connectivity index (χ4v) is 2.54. The molecule has 0 bridgehead atoms. The Bertz CT molecular complexity index is 831. The SMILES string of the molecule is Cc1ccc(N2C(=O)/C(=C\c3ccc(F)cc3F)NC2=S)cc1. The van der Waals surface area contributed by atoms with Crippen molar-refractivity contribution in [1.82, 2.24) is 5.32 Å². The second kappa shape index (κ2) is 5.89. The molecule has 1 aliphatic heterocycles. The van der Waals surface area contributed by atoms with Crippen molar-refractivity contribution in [2.45, 2.75) is 6.92 Å². The monoisotopic (exact) mass is 330 g/mol. The van der Waals surface area contributed by atoms with E-state index >= 15 is 0 Å². The van der Waals surface area contributed by atoms with Crippen LogP contribution in [0.5, 0.6) is 0 Å². The minimum atomic E-state index is -0.744. The van der Waals surface area contributed by atoms with Gasteiger partial charge in [0.25, 0.3) is 5.91 Å². The van der Waals surface area contributed by atoms with E-state index < -0.39 is 11.6 Å². The molecule has 3 rings (SSSR count). The zero-order valence-electron chi connectivity index (χ0n) is 12.1. The molecule has 0 atom stereocenters. The van der Waals surface area contributed by atoms with Crippen molar-refractivity contribution >= 4 is 35.0 Å². The minimum absolute atomic E-state index is 0.107. The van der Waals surface area contributed by atoms with Gasteiger partial charge in [-0.3, -0.25) is 9.69 Å². The van der Waals surface area contributed by atoms with Crippen molar-refractivity contribution in [3.63, 3.8) is 0 Å². The number of amides is 1. The summed E-state index contributed by atoms with van der Waals surface area (Å²) in [5.41, 5.74) is 1.93. The van der Waals surface area contributed by atoms with Crippen molar-refractivity contribution in [2.24, 2.45) is 0 Å². The third-order valence-electron chi connectivity index (χ3n) is 3.43. The van der Waals surface area contributed by atoms with Gasteiger partial charge in [-0.2, -0.15) is 0 Å². The highest BCUT2D eigenvalue weighted by Crippen LogP contribution is 2.23. The normalized spacial score (nSPS) is 16.1. The fourth-order valence-electron chi connectivity index (χ4n) is 2.24. The Morgan fingerprint density at radius 3 is 2.48 bits per heavy atom. The van der Waals surface area contributed by atoms with Crippen LogP contribution in [-0.4, -0.2) is 11.0 Å². The van der Waals surface area contributed by atoms with Gasteiger partial charge in [0.15, 0.2) is 5.11 Å². The van der Waals surface area contributed by atoms with Crippen molar-refractivity contribution in [3.8, 4) is 0 Å². The van der Waals surface area contributed by atoms with Crippen LogP contribution in [-0.2, 0) is 4.79 Å². The quantitative estimate of drug-likeness (QED) is 0.675. The molecule has 0 saturated carbocycles. The number of nitrogens with one attached hydrogen (secondary N) is 1. The minimum Gasteiger partial charge on any atom is -0.327 e. The Hall–Kier alpha value is -2.60. The van der Waals surface area contributed by atoms with Gasteiger partial charge < -0.3 is 5.32 Å². The van der Waals surface area contributed by atoms with Crippen molar-refractivity contribution in [1.29, 1.82) is 0 Å². The van der Waals surface area contributed by atoms with Crippen molar-refractivity contribution in [2.75, 3.05) is 4.90 Å². The second-order valence-electron chi connectivity index (χ2n) is 5.13. The number of benzene rings is 2. The smallest absolute Gasteiger partial charge is 0.281 e. The zero-order chi connectivity index (χ0) is 16.6. The number of halogens is 2. The summed E-state index contributed by atoms with van der Waals surface area (Å²) in [4.78, 5) is 13.8. The van der Waals surface area contributed by atoms with E-state index in [1.807, 2.05) is 19.1 Å². The van der Waals surface area contributed by atoms with Gasteiger partial charge in [-0.25, -0.2) is 8.78 Å². The van der Waals surface area contributed by atoms with Gasteiger partial charge in [0.05, 0.1) is 5.69 Å². The summed E-state index contributed by atoms with van der Waals surface area (Å²) in [7, 11) is 0. The van der Waals surface area contributed by atoms with Crippen LogP contribution in [0.4, 0.5) is 14.5 Å². The molecule has 1 heterocycles. The standard InChI is InChI=1S/C17H12F2N2OS/c1-10-2-6-13(7-3-10)21-16(22)15(20-17(21)23)8-11-4-5-12(18)9-14(11)19/h2-9H,1H3,(H,20,23)/b15-8+. The molecule has 2 aromatic carbocycles. The summed E-state index contributed by atoms with van der Waals surface area (Å²) in [5, 5.41) is 2.98. The van der Waals surface area contributed by atoms with Crippen molar-refractivity contribution < 1.29 is 13.6 Å². The zero-order valence-corrected chi connectivity index (χ0v) is 13.0. The molecule has 1 amide bonds. The molecule has 6 heteroatoms. The number of hydrogen-bond acceptors (Lipinski definition) is 2. The predicted molar refractivity (Wildman–Crippen MR) is 88.7 cm³/mol. The largest absolute Gasteiger partial charge is 0.327 e. The molecule has 23 heavy (non-hydrogen) atoms. The van der Waals surface area contributed by atoms with E-state index in [0.29, 0.717) is 5.69 Å². The van der Waals surface area contributed by atoms with Gasteiger partial charge >= 0.3 is 0 Å². The molecular weight excluding hydrogens is 318 g/mol. The Balaban J connectivity index is 1.94. The molecule has 0 aromatic heterocycles. The second-order valence-corrected chi connectivity index (χ2v) is 5.52. The summed E-state index contributed by atoms with van der Waals surface area (Å²) in [6.45, 7) is 1.94. The lowest BCUT2D eigenvalue weighted by molar-refractivity contribution is -0.113. The third-order valence-corrected chi connectivity index (χ3v) is 3.72. The molecule has 116 valence electrons. The predicted octanol–water partition coefficient (Wildman–Crippen LogP) is 3.54.